The van der Waals surface area contributed by atoms with Crippen molar-refractivity contribution >= 4 is 11.6 Å². The average Bonchev–Trinajstić information content (AvgIpc) is 2.87. The summed E-state index contributed by atoms with van der Waals surface area (Å²) in [6.07, 6.45) is 2.19. The van der Waals surface area contributed by atoms with Gasteiger partial charge in [-0.15, -0.1) is 0 Å². The molecule has 1 heterocycles. The summed E-state index contributed by atoms with van der Waals surface area (Å²) in [5.74, 6) is 0.0641. The third-order valence-corrected chi connectivity index (χ3v) is 3.65. The monoisotopic (exact) mass is 275 g/mol. The molecule has 0 saturated carbocycles. The number of anilines is 1. The molecule has 1 aromatic carbocycles. The molecule has 1 aliphatic rings. The van der Waals surface area contributed by atoms with Crippen molar-refractivity contribution in [3.8, 4) is 0 Å². The maximum atomic E-state index is 11.1. The second-order valence-corrected chi connectivity index (χ2v) is 5.48. The van der Waals surface area contributed by atoms with E-state index in [1.807, 2.05) is 0 Å². The van der Waals surface area contributed by atoms with E-state index >= 15 is 0 Å². The van der Waals surface area contributed by atoms with E-state index < -0.39 is 0 Å². The van der Waals surface area contributed by atoms with Gasteiger partial charge in [0.15, 0.2) is 0 Å². The summed E-state index contributed by atoms with van der Waals surface area (Å²) in [7, 11) is 0. The molecule has 0 aromatic heterocycles. The molecule has 1 fully saturated rings. The van der Waals surface area contributed by atoms with Crippen molar-refractivity contribution in [3.05, 3.63) is 29.8 Å². The molecule has 0 spiro atoms. The number of nitrogens with zero attached hydrogens (tertiary/aromatic N) is 1. The van der Waals surface area contributed by atoms with Crippen molar-refractivity contribution in [2.45, 2.75) is 39.3 Å². The van der Waals surface area contributed by atoms with Crippen LogP contribution in [0.15, 0.2) is 24.3 Å². The standard InChI is InChI=1S/C16H25N3O/c1-3-9-17-11-14-4-6-16(7-5-14)19-10-8-15(12-19)18-13(2)20/h4-7,15,17H,3,8-12H2,1-2H3,(H,18,20). The first-order chi connectivity index (χ1) is 9.69. The molecule has 20 heavy (non-hydrogen) atoms. The Morgan fingerprint density at radius 3 is 2.75 bits per heavy atom. The molecule has 1 atom stereocenters. The lowest BCUT2D eigenvalue weighted by molar-refractivity contribution is -0.119. The molecule has 1 aliphatic heterocycles. The number of hydrogen-bond donors (Lipinski definition) is 2. The van der Waals surface area contributed by atoms with Gasteiger partial charge in [0.1, 0.15) is 0 Å². The average molecular weight is 275 g/mol. The van der Waals surface area contributed by atoms with Gasteiger partial charge >= 0.3 is 0 Å². The van der Waals surface area contributed by atoms with Gasteiger partial charge in [-0.25, -0.2) is 0 Å². The summed E-state index contributed by atoms with van der Waals surface area (Å²) in [6, 6.07) is 9.02. The second kappa shape index (κ2) is 7.29. The summed E-state index contributed by atoms with van der Waals surface area (Å²) in [4.78, 5) is 13.4. The summed E-state index contributed by atoms with van der Waals surface area (Å²) >= 11 is 0. The molecule has 0 bridgehead atoms. The fraction of sp³-hybridized carbons (Fsp3) is 0.562. The first-order valence-corrected chi connectivity index (χ1v) is 7.50. The second-order valence-electron chi connectivity index (χ2n) is 5.48. The molecule has 4 heteroatoms. The Morgan fingerprint density at radius 2 is 2.10 bits per heavy atom. The Balaban J connectivity index is 1.86. The summed E-state index contributed by atoms with van der Waals surface area (Å²) in [5.41, 5.74) is 2.57. The van der Waals surface area contributed by atoms with E-state index in [4.69, 9.17) is 0 Å². The number of benzene rings is 1. The lowest BCUT2D eigenvalue weighted by Gasteiger charge is -2.19. The van der Waals surface area contributed by atoms with Gasteiger partial charge in [0, 0.05) is 38.3 Å². The minimum Gasteiger partial charge on any atom is -0.369 e. The molecular weight excluding hydrogens is 250 g/mol. The zero-order chi connectivity index (χ0) is 14.4. The van der Waals surface area contributed by atoms with Crippen LogP contribution in [0.2, 0.25) is 0 Å². The van der Waals surface area contributed by atoms with Crippen molar-refractivity contribution in [1.29, 1.82) is 0 Å². The molecule has 1 unspecified atom stereocenters. The van der Waals surface area contributed by atoms with Gasteiger partial charge in [-0.2, -0.15) is 0 Å². The van der Waals surface area contributed by atoms with Crippen LogP contribution in [-0.4, -0.2) is 31.6 Å². The fourth-order valence-corrected chi connectivity index (χ4v) is 2.63. The molecule has 1 saturated heterocycles. The summed E-state index contributed by atoms with van der Waals surface area (Å²) in [6.45, 7) is 7.68. The lowest BCUT2D eigenvalue weighted by atomic mass is 10.2. The predicted octanol–water partition coefficient (Wildman–Crippen LogP) is 1.90. The van der Waals surface area contributed by atoms with Crippen molar-refractivity contribution in [2.24, 2.45) is 0 Å². The zero-order valence-electron chi connectivity index (χ0n) is 12.5. The van der Waals surface area contributed by atoms with E-state index in [0.717, 1.165) is 39.0 Å². The van der Waals surface area contributed by atoms with E-state index in [1.54, 1.807) is 6.92 Å². The number of amides is 1. The zero-order valence-corrected chi connectivity index (χ0v) is 12.5. The van der Waals surface area contributed by atoms with Crippen LogP contribution in [0.5, 0.6) is 0 Å². The Labute approximate surface area is 121 Å². The van der Waals surface area contributed by atoms with Crippen LogP contribution in [0.3, 0.4) is 0 Å². The molecule has 1 amide bonds. The highest BCUT2D eigenvalue weighted by Gasteiger charge is 2.22. The van der Waals surface area contributed by atoms with Gasteiger partial charge in [-0.1, -0.05) is 19.1 Å². The Kier molecular flexibility index (Phi) is 5.41. The van der Waals surface area contributed by atoms with Gasteiger partial charge in [0.05, 0.1) is 0 Å². The lowest BCUT2D eigenvalue weighted by Crippen LogP contribution is -2.35. The third kappa shape index (κ3) is 4.23. The summed E-state index contributed by atoms with van der Waals surface area (Å²) < 4.78 is 0. The molecule has 4 nitrogen and oxygen atoms in total. The highest BCUT2D eigenvalue weighted by atomic mass is 16.1. The minimum absolute atomic E-state index is 0.0641. The number of nitrogens with one attached hydrogen (secondary N) is 2. The normalized spacial score (nSPS) is 18.3. The third-order valence-electron chi connectivity index (χ3n) is 3.65. The largest absolute Gasteiger partial charge is 0.369 e. The van der Waals surface area contributed by atoms with Crippen molar-refractivity contribution in [2.75, 3.05) is 24.5 Å². The topological polar surface area (TPSA) is 44.4 Å². The van der Waals surface area contributed by atoms with Gasteiger partial charge in [-0.05, 0) is 37.1 Å². The van der Waals surface area contributed by atoms with Crippen LogP contribution in [0.4, 0.5) is 5.69 Å². The van der Waals surface area contributed by atoms with E-state index in [9.17, 15) is 4.79 Å². The smallest absolute Gasteiger partial charge is 0.217 e. The number of carbonyl (C=O) groups excluding carboxylic acids is 1. The number of carbonyl (C=O) groups is 1. The quantitative estimate of drug-likeness (QED) is 0.779. The van der Waals surface area contributed by atoms with Crippen LogP contribution >= 0.6 is 0 Å². The van der Waals surface area contributed by atoms with Gasteiger partial charge in [0.2, 0.25) is 5.91 Å². The Hall–Kier alpha value is -1.55. The maximum Gasteiger partial charge on any atom is 0.217 e. The number of rotatable bonds is 6. The first-order valence-electron chi connectivity index (χ1n) is 7.50. The maximum absolute atomic E-state index is 11.1. The van der Waals surface area contributed by atoms with Crippen LogP contribution in [0.25, 0.3) is 0 Å². The molecular formula is C16H25N3O. The molecule has 0 aliphatic carbocycles. The first kappa shape index (κ1) is 14.9. The molecule has 0 radical (unpaired) electrons. The highest BCUT2D eigenvalue weighted by Crippen LogP contribution is 2.20. The Morgan fingerprint density at radius 1 is 1.35 bits per heavy atom. The molecule has 110 valence electrons. The van der Waals surface area contributed by atoms with Crippen molar-refractivity contribution in [3.63, 3.8) is 0 Å². The molecule has 2 rings (SSSR count). The SMILES string of the molecule is CCCNCc1ccc(N2CCC(NC(C)=O)C2)cc1. The van der Waals surface area contributed by atoms with Crippen LogP contribution < -0.4 is 15.5 Å². The predicted molar refractivity (Wildman–Crippen MR) is 82.9 cm³/mol. The van der Waals surface area contributed by atoms with E-state index in [1.165, 1.54) is 11.3 Å². The highest BCUT2D eigenvalue weighted by molar-refractivity contribution is 5.73. The van der Waals surface area contributed by atoms with Gasteiger partial charge in [-0.3, -0.25) is 4.79 Å². The molecule has 1 aromatic rings. The van der Waals surface area contributed by atoms with Crippen molar-refractivity contribution in [1.82, 2.24) is 10.6 Å². The van der Waals surface area contributed by atoms with Crippen molar-refractivity contribution < 1.29 is 4.79 Å². The van der Waals surface area contributed by atoms with Crippen LogP contribution in [-0.2, 0) is 11.3 Å². The molecule has 2 N–H and O–H groups in total. The number of hydrogen-bond acceptors (Lipinski definition) is 3. The van der Waals surface area contributed by atoms with E-state index in [-0.39, 0.29) is 5.91 Å². The van der Waals surface area contributed by atoms with Crippen LogP contribution in [0, 0.1) is 0 Å². The van der Waals surface area contributed by atoms with Crippen LogP contribution in [0.1, 0.15) is 32.3 Å². The fourth-order valence-electron chi connectivity index (χ4n) is 2.63. The van der Waals surface area contributed by atoms with E-state index in [2.05, 4.69) is 46.7 Å². The van der Waals surface area contributed by atoms with Gasteiger partial charge < -0.3 is 15.5 Å². The Bertz CT molecular complexity index is 430. The van der Waals surface area contributed by atoms with Gasteiger partial charge in [0.25, 0.3) is 0 Å². The minimum atomic E-state index is 0.0641. The summed E-state index contributed by atoms with van der Waals surface area (Å²) in [5, 5.41) is 6.40. The van der Waals surface area contributed by atoms with E-state index in [0.29, 0.717) is 6.04 Å².